The van der Waals surface area contributed by atoms with Gasteiger partial charge in [-0.2, -0.15) is 0 Å². The Hall–Kier alpha value is -1.98. The molecule has 0 fully saturated rings. The highest BCUT2D eigenvalue weighted by molar-refractivity contribution is 6.35. The Kier molecular flexibility index (Phi) is 9.97. The maximum atomic E-state index is 12.1. The number of carbonyl (C=O) groups excluding carboxylic acids is 1. The van der Waals surface area contributed by atoms with Crippen LogP contribution in [-0.4, -0.2) is 29.8 Å². The van der Waals surface area contributed by atoms with E-state index in [9.17, 15) is 9.59 Å². The van der Waals surface area contributed by atoms with E-state index in [2.05, 4.69) is 6.58 Å². The minimum atomic E-state index is -0.961. The van der Waals surface area contributed by atoms with Gasteiger partial charge in [0.05, 0.1) is 5.02 Å². The van der Waals surface area contributed by atoms with Crippen molar-refractivity contribution in [3.05, 3.63) is 52.5 Å². The lowest BCUT2D eigenvalue weighted by Gasteiger charge is -2.20. The lowest BCUT2D eigenvalue weighted by atomic mass is 9.97. The molecule has 27 heavy (non-hydrogen) atoms. The molecular weight excluding hydrogens is 391 g/mol. The molecule has 0 aliphatic carbocycles. The molecule has 1 aromatic rings. The van der Waals surface area contributed by atoms with Crippen molar-refractivity contribution in [2.45, 2.75) is 39.2 Å². The predicted molar refractivity (Wildman–Crippen MR) is 106 cm³/mol. The highest BCUT2D eigenvalue weighted by atomic mass is 35.5. The number of esters is 1. The predicted octanol–water partition coefficient (Wildman–Crippen LogP) is 5.31. The quantitative estimate of drug-likeness (QED) is 0.301. The van der Waals surface area contributed by atoms with Crippen LogP contribution in [0.15, 0.2) is 42.5 Å². The smallest absolute Gasteiger partial charge is 0.344 e. The molecule has 7 heteroatoms. The summed E-state index contributed by atoms with van der Waals surface area (Å²) in [6.45, 7) is 7.40. The highest BCUT2D eigenvalue weighted by Crippen LogP contribution is 2.27. The molecule has 2 unspecified atom stereocenters. The number of allylic oxidation sites excluding steroid dienone is 1. The summed E-state index contributed by atoms with van der Waals surface area (Å²) in [6.07, 6.45) is 4.34. The molecule has 0 radical (unpaired) electrons. The normalized spacial score (nSPS) is 13.2. The Morgan fingerprint density at radius 2 is 2.00 bits per heavy atom. The van der Waals surface area contributed by atoms with E-state index in [0.29, 0.717) is 28.6 Å². The molecule has 148 valence electrons. The number of rotatable bonds is 11. The third kappa shape index (κ3) is 9.50. The molecule has 1 N–H and O–H groups in total. The molecule has 0 amide bonds. The second-order valence-corrected chi connectivity index (χ2v) is 7.19. The van der Waals surface area contributed by atoms with Crippen molar-refractivity contribution in [2.75, 3.05) is 6.61 Å². The lowest BCUT2D eigenvalue weighted by Crippen LogP contribution is -2.24. The molecule has 0 saturated heterocycles. The molecule has 0 aliphatic heterocycles. The van der Waals surface area contributed by atoms with Crippen LogP contribution >= 0.6 is 23.2 Å². The van der Waals surface area contributed by atoms with Gasteiger partial charge in [0.1, 0.15) is 11.9 Å². The maximum absolute atomic E-state index is 12.1. The summed E-state index contributed by atoms with van der Waals surface area (Å²) in [4.78, 5) is 22.5. The first-order valence-corrected chi connectivity index (χ1v) is 9.26. The fraction of sp³-hybridized carbons (Fsp3) is 0.400. The summed E-state index contributed by atoms with van der Waals surface area (Å²) in [6, 6.07) is 4.73. The van der Waals surface area contributed by atoms with Crippen LogP contribution in [-0.2, 0) is 14.3 Å². The van der Waals surface area contributed by atoms with Gasteiger partial charge in [-0.05, 0) is 55.9 Å². The largest absolute Gasteiger partial charge is 0.480 e. The van der Waals surface area contributed by atoms with Crippen molar-refractivity contribution in [1.29, 1.82) is 0 Å². The molecule has 5 nitrogen and oxygen atoms in total. The number of ether oxygens (including phenoxy) is 2. The van der Waals surface area contributed by atoms with E-state index in [1.165, 1.54) is 6.07 Å². The van der Waals surface area contributed by atoms with Crippen LogP contribution in [0.2, 0.25) is 10.0 Å². The second-order valence-electron chi connectivity index (χ2n) is 6.35. The molecular formula is C20H24Cl2O5. The standard InChI is InChI=1S/C20H24Cl2O5/c1-13(2)17(9-7-14(3)5-4-6-19(23)24)27-20(25)12-26-18-10-8-15(21)11-16(18)22/h4,6,8,10-11,14,17H,1,5,7,9,12H2,2-3H3,(H,23,24). The number of carbonyl (C=O) groups is 2. The Balaban J connectivity index is 2.47. The van der Waals surface area contributed by atoms with Crippen LogP contribution in [0.3, 0.4) is 0 Å². The van der Waals surface area contributed by atoms with Gasteiger partial charge in [0.25, 0.3) is 0 Å². The number of carboxylic acid groups (broad SMARTS) is 1. The van der Waals surface area contributed by atoms with E-state index in [-0.39, 0.29) is 12.5 Å². The first-order chi connectivity index (χ1) is 12.7. The van der Waals surface area contributed by atoms with Crippen LogP contribution < -0.4 is 4.74 Å². The van der Waals surface area contributed by atoms with Gasteiger partial charge < -0.3 is 14.6 Å². The van der Waals surface area contributed by atoms with E-state index >= 15 is 0 Å². The number of hydrogen-bond donors (Lipinski definition) is 1. The summed E-state index contributed by atoms with van der Waals surface area (Å²) >= 11 is 11.8. The van der Waals surface area contributed by atoms with Crippen molar-refractivity contribution >= 4 is 35.1 Å². The van der Waals surface area contributed by atoms with Gasteiger partial charge >= 0.3 is 11.9 Å². The van der Waals surface area contributed by atoms with E-state index < -0.39 is 18.0 Å². The first kappa shape index (κ1) is 23.1. The van der Waals surface area contributed by atoms with Crippen LogP contribution in [0.4, 0.5) is 0 Å². The molecule has 1 rings (SSSR count). The summed E-state index contributed by atoms with van der Waals surface area (Å²) < 4.78 is 10.8. The van der Waals surface area contributed by atoms with Crippen molar-refractivity contribution in [3.63, 3.8) is 0 Å². The summed E-state index contributed by atoms with van der Waals surface area (Å²) in [5.74, 6) is -0.877. The fourth-order valence-electron chi connectivity index (χ4n) is 2.28. The van der Waals surface area contributed by atoms with Crippen molar-refractivity contribution in [2.24, 2.45) is 5.92 Å². The number of aliphatic carboxylic acids is 1. The summed E-state index contributed by atoms with van der Waals surface area (Å²) in [5, 5.41) is 9.39. The molecule has 0 saturated carbocycles. The monoisotopic (exact) mass is 414 g/mol. The number of hydrogen-bond acceptors (Lipinski definition) is 4. The van der Waals surface area contributed by atoms with Crippen LogP contribution in [0.25, 0.3) is 0 Å². The van der Waals surface area contributed by atoms with Gasteiger partial charge in [-0.1, -0.05) is 42.8 Å². The zero-order chi connectivity index (χ0) is 20.4. The van der Waals surface area contributed by atoms with E-state index in [4.69, 9.17) is 37.8 Å². The van der Waals surface area contributed by atoms with Crippen LogP contribution in [0.1, 0.15) is 33.1 Å². The molecule has 1 aromatic carbocycles. The fourth-order valence-corrected chi connectivity index (χ4v) is 2.75. The van der Waals surface area contributed by atoms with E-state index in [0.717, 1.165) is 18.1 Å². The van der Waals surface area contributed by atoms with E-state index in [1.807, 2.05) is 6.92 Å². The van der Waals surface area contributed by atoms with Gasteiger partial charge in [0.15, 0.2) is 6.61 Å². The minimum Gasteiger partial charge on any atom is -0.480 e. The van der Waals surface area contributed by atoms with Gasteiger partial charge in [0, 0.05) is 11.1 Å². The Labute approximate surface area is 169 Å². The third-order valence-corrected chi connectivity index (χ3v) is 4.31. The highest BCUT2D eigenvalue weighted by Gasteiger charge is 2.17. The molecule has 0 bridgehead atoms. The summed E-state index contributed by atoms with van der Waals surface area (Å²) in [7, 11) is 0. The SMILES string of the molecule is C=C(C)C(CCC(C)CC=CC(=O)O)OC(=O)COc1ccc(Cl)cc1Cl. The Bertz CT molecular complexity index is 700. The average Bonchev–Trinajstić information content (AvgIpc) is 2.57. The topological polar surface area (TPSA) is 72.8 Å². The van der Waals surface area contributed by atoms with Crippen molar-refractivity contribution < 1.29 is 24.2 Å². The van der Waals surface area contributed by atoms with Gasteiger partial charge in [0.2, 0.25) is 0 Å². The number of benzene rings is 1. The van der Waals surface area contributed by atoms with E-state index in [1.54, 1.807) is 25.1 Å². The summed E-state index contributed by atoms with van der Waals surface area (Å²) in [5.41, 5.74) is 0.737. The zero-order valence-electron chi connectivity index (χ0n) is 15.4. The Morgan fingerprint density at radius 3 is 2.59 bits per heavy atom. The van der Waals surface area contributed by atoms with Gasteiger partial charge in [-0.25, -0.2) is 9.59 Å². The molecule has 0 heterocycles. The van der Waals surface area contributed by atoms with Crippen molar-refractivity contribution in [1.82, 2.24) is 0 Å². The van der Waals surface area contributed by atoms with Crippen LogP contribution in [0, 0.1) is 5.92 Å². The zero-order valence-corrected chi connectivity index (χ0v) is 16.9. The van der Waals surface area contributed by atoms with Gasteiger partial charge in [-0.3, -0.25) is 0 Å². The average molecular weight is 415 g/mol. The molecule has 0 spiro atoms. The Morgan fingerprint density at radius 1 is 1.30 bits per heavy atom. The maximum Gasteiger partial charge on any atom is 0.344 e. The number of carboxylic acids is 1. The van der Waals surface area contributed by atoms with Crippen molar-refractivity contribution in [3.8, 4) is 5.75 Å². The van der Waals surface area contributed by atoms with Crippen LogP contribution in [0.5, 0.6) is 5.75 Å². The second kappa shape index (κ2) is 11.7. The number of halogens is 2. The third-order valence-electron chi connectivity index (χ3n) is 3.78. The minimum absolute atomic E-state index is 0.255. The molecule has 0 aliphatic rings. The van der Waals surface area contributed by atoms with Gasteiger partial charge in [-0.15, -0.1) is 0 Å². The lowest BCUT2D eigenvalue weighted by molar-refractivity contribution is -0.150. The first-order valence-electron chi connectivity index (χ1n) is 8.51. The molecule has 2 atom stereocenters. The molecule has 0 aromatic heterocycles.